The molecule has 2 aromatic heterocycles. The average Bonchev–Trinajstić information content (AvgIpc) is 3.03. The highest BCUT2D eigenvalue weighted by molar-refractivity contribution is 5.90. The summed E-state index contributed by atoms with van der Waals surface area (Å²) in [4.78, 5) is 3.51. The number of aryl methyl sites for hydroxylation is 2. The van der Waals surface area contributed by atoms with E-state index in [0.717, 1.165) is 11.1 Å². The fourth-order valence-electron chi connectivity index (χ4n) is 2.94. The van der Waals surface area contributed by atoms with Crippen LogP contribution in [0.3, 0.4) is 0 Å². The summed E-state index contributed by atoms with van der Waals surface area (Å²) < 4.78 is 0. The Kier molecular flexibility index (Phi) is 1.84. The van der Waals surface area contributed by atoms with E-state index in [-0.39, 0.29) is 0 Å². The van der Waals surface area contributed by atoms with Crippen molar-refractivity contribution in [2.24, 2.45) is 0 Å². The van der Waals surface area contributed by atoms with Gasteiger partial charge in [0, 0.05) is 22.2 Å². The number of nitrogens with one attached hydrogen (secondary N) is 2. The summed E-state index contributed by atoms with van der Waals surface area (Å²) in [5, 5.41) is 8.10. The second-order valence-corrected chi connectivity index (χ2v) is 4.89. The molecule has 4 rings (SSSR count). The summed E-state index contributed by atoms with van der Waals surface area (Å²) in [5.41, 5.74) is 12.1. The van der Waals surface area contributed by atoms with Gasteiger partial charge >= 0.3 is 0 Å². The van der Waals surface area contributed by atoms with Crippen molar-refractivity contribution in [2.75, 3.05) is 5.73 Å². The molecule has 0 radical (unpaired) electrons. The van der Waals surface area contributed by atoms with E-state index in [2.05, 4.69) is 33.4 Å². The molecule has 0 fully saturated rings. The number of nitrogens with zero attached hydrogens (tertiary/aromatic N) is 1. The van der Waals surface area contributed by atoms with E-state index in [1.165, 1.54) is 41.4 Å². The van der Waals surface area contributed by atoms with Crippen molar-refractivity contribution < 1.29 is 0 Å². The van der Waals surface area contributed by atoms with Crippen LogP contribution in [0.5, 0.6) is 0 Å². The third-order valence-electron chi connectivity index (χ3n) is 3.83. The summed E-state index contributed by atoms with van der Waals surface area (Å²) in [6.45, 7) is 0. The summed E-state index contributed by atoms with van der Waals surface area (Å²) >= 11 is 0. The molecule has 1 aliphatic rings. The summed E-state index contributed by atoms with van der Waals surface area (Å²) in [7, 11) is 0. The van der Waals surface area contributed by atoms with E-state index in [1.54, 1.807) is 6.20 Å². The van der Waals surface area contributed by atoms with Crippen molar-refractivity contribution in [3.63, 3.8) is 0 Å². The molecule has 3 aromatic rings. The zero-order chi connectivity index (χ0) is 12.1. The molecule has 4 nitrogen and oxygen atoms in total. The lowest BCUT2D eigenvalue weighted by molar-refractivity contribution is 0.899. The molecule has 0 spiro atoms. The first-order valence-electron chi connectivity index (χ1n) is 6.25. The Bertz CT molecular complexity index is 735. The van der Waals surface area contributed by atoms with Gasteiger partial charge in [-0.3, -0.25) is 5.10 Å². The number of rotatable bonds is 1. The number of hydrogen-bond acceptors (Lipinski definition) is 2. The second-order valence-electron chi connectivity index (χ2n) is 4.89. The number of aromatic amines is 2. The van der Waals surface area contributed by atoms with Gasteiger partial charge in [-0.05, 0) is 42.5 Å². The minimum Gasteiger partial charge on any atom is -0.384 e. The molecule has 4 N–H and O–H groups in total. The van der Waals surface area contributed by atoms with Crippen LogP contribution >= 0.6 is 0 Å². The van der Waals surface area contributed by atoms with Crippen molar-refractivity contribution in [1.82, 2.24) is 15.2 Å². The Morgan fingerprint density at radius 3 is 3.00 bits per heavy atom. The van der Waals surface area contributed by atoms with Crippen molar-refractivity contribution in [1.29, 1.82) is 0 Å². The number of nitrogen functional groups attached to an aromatic ring is 1. The minimum atomic E-state index is 0.626. The molecule has 0 bridgehead atoms. The quantitative estimate of drug-likeness (QED) is 0.610. The molecule has 90 valence electrons. The lowest BCUT2D eigenvalue weighted by Gasteiger charge is -2.01. The zero-order valence-corrected chi connectivity index (χ0v) is 9.96. The van der Waals surface area contributed by atoms with Gasteiger partial charge in [0.25, 0.3) is 0 Å². The van der Waals surface area contributed by atoms with Crippen molar-refractivity contribution in [3.8, 4) is 11.1 Å². The van der Waals surface area contributed by atoms with E-state index in [9.17, 15) is 0 Å². The van der Waals surface area contributed by atoms with Gasteiger partial charge in [-0.25, -0.2) is 0 Å². The molecule has 4 heteroatoms. The SMILES string of the molecule is Nc1[nH]ncc1-c1ccc2[nH]c3c(c2c1)CCC3. The molecule has 0 amide bonds. The lowest BCUT2D eigenvalue weighted by atomic mass is 10.0. The van der Waals surface area contributed by atoms with Crippen molar-refractivity contribution >= 4 is 16.7 Å². The summed E-state index contributed by atoms with van der Waals surface area (Å²) in [6, 6.07) is 6.45. The predicted molar refractivity (Wildman–Crippen MR) is 72.3 cm³/mol. The van der Waals surface area contributed by atoms with E-state index < -0.39 is 0 Å². The largest absolute Gasteiger partial charge is 0.384 e. The Labute approximate surface area is 104 Å². The molecule has 18 heavy (non-hydrogen) atoms. The highest BCUT2D eigenvalue weighted by Gasteiger charge is 2.17. The third kappa shape index (κ3) is 1.23. The molecule has 2 heterocycles. The van der Waals surface area contributed by atoms with E-state index in [0.29, 0.717) is 5.82 Å². The van der Waals surface area contributed by atoms with Crippen LogP contribution in [0.4, 0.5) is 5.82 Å². The van der Waals surface area contributed by atoms with Gasteiger partial charge in [0.2, 0.25) is 0 Å². The maximum atomic E-state index is 5.88. The van der Waals surface area contributed by atoms with E-state index in [1.807, 2.05) is 0 Å². The van der Waals surface area contributed by atoms with Gasteiger partial charge < -0.3 is 10.7 Å². The molecular formula is C14H14N4. The van der Waals surface area contributed by atoms with Crippen molar-refractivity contribution in [2.45, 2.75) is 19.3 Å². The Balaban J connectivity index is 1.96. The van der Waals surface area contributed by atoms with Crippen LogP contribution in [0.15, 0.2) is 24.4 Å². The number of aromatic nitrogens is 3. The smallest absolute Gasteiger partial charge is 0.126 e. The van der Waals surface area contributed by atoms with Crippen LogP contribution in [0.25, 0.3) is 22.0 Å². The molecule has 1 aliphatic carbocycles. The Hall–Kier alpha value is -2.23. The topological polar surface area (TPSA) is 70.5 Å². The first-order chi connectivity index (χ1) is 8.83. The van der Waals surface area contributed by atoms with Crippen LogP contribution in [0, 0.1) is 0 Å². The van der Waals surface area contributed by atoms with Crippen LogP contribution in [-0.4, -0.2) is 15.2 Å². The first-order valence-corrected chi connectivity index (χ1v) is 6.25. The number of benzene rings is 1. The number of hydrogen-bond donors (Lipinski definition) is 3. The van der Waals surface area contributed by atoms with Gasteiger partial charge in [0.15, 0.2) is 0 Å². The molecule has 0 atom stereocenters. The van der Waals surface area contributed by atoms with E-state index >= 15 is 0 Å². The molecule has 0 unspecified atom stereocenters. The zero-order valence-electron chi connectivity index (χ0n) is 9.96. The lowest BCUT2D eigenvalue weighted by Crippen LogP contribution is -1.87. The molecule has 0 saturated carbocycles. The third-order valence-corrected chi connectivity index (χ3v) is 3.83. The van der Waals surface area contributed by atoms with Crippen LogP contribution in [-0.2, 0) is 12.8 Å². The Morgan fingerprint density at radius 2 is 2.17 bits per heavy atom. The molecular weight excluding hydrogens is 224 g/mol. The fourth-order valence-corrected chi connectivity index (χ4v) is 2.94. The maximum Gasteiger partial charge on any atom is 0.126 e. The standard InChI is InChI=1S/C14H14N4/c15-14-11(7-16-18-14)8-4-5-13-10(6-8)9-2-1-3-12(9)17-13/h4-7,17H,1-3H2,(H3,15,16,18). The molecule has 1 aromatic carbocycles. The highest BCUT2D eigenvalue weighted by atomic mass is 15.1. The Morgan fingerprint density at radius 1 is 1.22 bits per heavy atom. The fraction of sp³-hybridized carbons (Fsp3) is 0.214. The summed E-state index contributed by atoms with van der Waals surface area (Å²) in [5.74, 6) is 0.626. The highest BCUT2D eigenvalue weighted by Crippen LogP contribution is 2.33. The predicted octanol–water partition coefficient (Wildman–Crippen LogP) is 2.63. The van der Waals surface area contributed by atoms with Gasteiger partial charge in [-0.1, -0.05) is 6.07 Å². The number of fused-ring (bicyclic) bond motifs is 3. The normalized spacial score (nSPS) is 14.2. The summed E-state index contributed by atoms with van der Waals surface area (Å²) in [6.07, 6.45) is 5.39. The first kappa shape index (κ1) is 9.76. The van der Waals surface area contributed by atoms with Gasteiger partial charge in [0.1, 0.15) is 5.82 Å². The molecule has 0 saturated heterocycles. The van der Waals surface area contributed by atoms with Crippen LogP contribution < -0.4 is 5.73 Å². The monoisotopic (exact) mass is 238 g/mol. The number of nitrogens with two attached hydrogens (primary N) is 1. The number of anilines is 1. The maximum absolute atomic E-state index is 5.88. The van der Waals surface area contributed by atoms with Crippen LogP contribution in [0.1, 0.15) is 17.7 Å². The second kappa shape index (κ2) is 3.38. The molecule has 0 aliphatic heterocycles. The van der Waals surface area contributed by atoms with Gasteiger partial charge in [0.05, 0.1) is 6.20 Å². The van der Waals surface area contributed by atoms with Gasteiger partial charge in [-0.2, -0.15) is 5.10 Å². The van der Waals surface area contributed by atoms with E-state index in [4.69, 9.17) is 5.73 Å². The van der Waals surface area contributed by atoms with Crippen LogP contribution in [0.2, 0.25) is 0 Å². The minimum absolute atomic E-state index is 0.626. The number of H-pyrrole nitrogens is 2. The van der Waals surface area contributed by atoms with Gasteiger partial charge in [-0.15, -0.1) is 0 Å². The van der Waals surface area contributed by atoms with Crippen molar-refractivity contribution in [3.05, 3.63) is 35.7 Å². The average molecular weight is 238 g/mol.